The second-order valence-electron chi connectivity index (χ2n) is 8.12. The van der Waals surface area contributed by atoms with Gasteiger partial charge in [0.05, 0.1) is 23.4 Å². The van der Waals surface area contributed by atoms with Crippen LogP contribution in [0.2, 0.25) is 0 Å². The van der Waals surface area contributed by atoms with Gasteiger partial charge >= 0.3 is 0 Å². The maximum atomic E-state index is 13.5. The molecule has 1 aliphatic heterocycles. The SMILES string of the molecule is CCn1nc(C(=O)N(CCCN2CCOCC2)c2nc3c(C)ccc(C)c3s2)cc1C.Cl. The number of anilines is 1. The van der Waals surface area contributed by atoms with Crippen LogP contribution in [0.3, 0.4) is 0 Å². The van der Waals surface area contributed by atoms with E-state index in [1.807, 2.05) is 29.5 Å². The molecule has 1 amide bonds. The molecule has 1 fully saturated rings. The van der Waals surface area contributed by atoms with Crippen LogP contribution in [0, 0.1) is 20.8 Å². The van der Waals surface area contributed by atoms with Crippen molar-refractivity contribution in [3.8, 4) is 0 Å². The van der Waals surface area contributed by atoms with Crippen LogP contribution in [0.25, 0.3) is 10.2 Å². The molecule has 1 aliphatic rings. The summed E-state index contributed by atoms with van der Waals surface area (Å²) in [4.78, 5) is 22.7. The minimum atomic E-state index is -0.0772. The highest BCUT2D eigenvalue weighted by Gasteiger charge is 2.25. The third kappa shape index (κ3) is 5.14. The van der Waals surface area contributed by atoms with Gasteiger partial charge in [-0.15, -0.1) is 12.4 Å². The van der Waals surface area contributed by atoms with Gasteiger partial charge in [-0.25, -0.2) is 4.98 Å². The number of thiazole rings is 1. The zero-order chi connectivity index (χ0) is 22.0. The van der Waals surface area contributed by atoms with Crippen molar-refractivity contribution >= 4 is 45.0 Å². The van der Waals surface area contributed by atoms with Crippen LogP contribution in [0.5, 0.6) is 0 Å². The molecule has 4 rings (SSSR count). The highest BCUT2D eigenvalue weighted by Crippen LogP contribution is 2.33. The summed E-state index contributed by atoms with van der Waals surface area (Å²) in [5.41, 5.74) is 4.79. The normalized spacial score (nSPS) is 14.5. The Morgan fingerprint density at radius 1 is 1.19 bits per heavy atom. The smallest absolute Gasteiger partial charge is 0.280 e. The standard InChI is InChI=1S/C23H31N5O2S.ClH/c1-5-28-18(4)15-19(25-28)22(29)27(10-6-9-26-11-13-30-14-12-26)23-24-20-16(2)7-8-17(3)21(20)31-23;/h7-8,15H,5-6,9-14H2,1-4H3;1H. The Bertz CT molecular complexity index is 1030. The minimum Gasteiger partial charge on any atom is -0.379 e. The fourth-order valence-electron chi connectivity index (χ4n) is 4.00. The molecule has 9 heteroatoms. The molecule has 32 heavy (non-hydrogen) atoms. The van der Waals surface area contributed by atoms with Gasteiger partial charge in [-0.2, -0.15) is 5.10 Å². The lowest BCUT2D eigenvalue weighted by Crippen LogP contribution is -2.39. The van der Waals surface area contributed by atoms with E-state index in [0.29, 0.717) is 12.2 Å². The molecule has 1 saturated heterocycles. The minimum absolute atomic E-state index is 0. The monoisotopic (exact) mass is 477 g/mol. The average molecular weight is 478 g/mol. The van der Waals surface area contributed by atoms with Crippen LogP contribution in [0.4, 0.5) is 5.13 Å². The predicted molar refractivity (Wildman–Crippen MR) is 133 cm³/mol. The second-order valence-corrected chi connectivity index (χ2v) is 9.10. The number of halogens is 1. The zero-order valence-corrected chi connectivity index (χ0v) is 20.9. The Hall–Kier alpha value is -2.00. The second kappa shape index (κ2) is 10.7. The number of nitrogens with zero attached hydrogens (tertiary/aromatic N) is 5. The van der Waals surface area contributed by atoms with E-state index in [9.17, 15) is 4.79 Å². The van der Waals surface area contributed by atoms with E-state index in [1.54, 1.807) is 11.3 Å². The van der Waals surface area contributed by atoms with E-state index < -0.39 is 0 Å². The molecule has 0 radical (unpaired) electrons. The quantitative estimate of drug-likeness (QED) is 0.509. The Morgan fingerprint density at radius 3 is 2.56 bits per heavy atom. The van der Waals surface area contributed by atoms with Gasteiger partial charge < -0.3 is 4.74 Å². The van der Waals surface area contributed by atoms with Gasteiger partial charge in [0.1, 0.15) is 0 Å². The first kappa shape index (κ1) is 24.6. The highest BCUT2D eigenvalue weighted by atomic mass is 35.5. The largest absolute Gasteiger partial charge is 0.379 e. The van der Waals surface area contributed by atoms with Gasteiger partial charge in [0, 0.05) is 38.4 Å². The molecule has 0 saturated carbocycles. The van der Waals surface area contributed by atoms with E-state index in [-0.39, 0.29) is 18.3 Å². The molecular formula is C23H32ClN5O2S. The first-order valence-corrected chi connectivity index (χ1v) is 11.8. The Morgan fingerprint density at radius 2 is 1.91 bits per heavy atom. The molecule has 2 aromatic heterocycles. The molecule has 3 aromatic rings. The first-order chi connectivity index (χ1) is 15.0. The number of benzene rings is 1. The number of ether oxygens (including phenoxy) is 1. The lowest BCUT2D eigenvalue weighted by Gasteiger charge is -2.27. The van der Waals surface area contributed by atoms with Gasteiger partial charge in [-0.1, -0.05) is 23.5 Å². The van der Waals surface area contributed by atoms with E-state index in [2.05, 4.69) is 36.0 Å². The highest BCUT2D eigenvalue weighted by molar-refractivity contribution is 7.22. The third-order valence-electron chi connectivity index (χ3n) is 5.87. The van der Waals surface area contributed by atoms with Crippen LogP contribution in [-0.4, -0.2) is 65.0 Å². The lowest BCUT2D eigenvalue weighted by molar-refractivity contribution is 0.0376. The molecule has 0 aliphatic carbocycles. The van der Waals surface area contributed by atoms with Crippen molar-refractivity contribution in [3.05, 3.63) is 40.7 Å². The molecule has 174 valence electrons. The molecule has 0 unspecified atom stereocenters. The van der Waals surface area contributed by atoms with Gasteiger partial charge in [0.15, 0.2) is 10.8 Å². The van der Waals surface area contributed by atoms with E-state index in [4.69, 9.17) is 9.72 Å². The zero-order valence-electron chi connectivity index (χ0n) is 19.3. The first-order valence-electron chi connectivity index (χ1n) is 11.0. The van der Waals surface area contributed by atoms with Crippen molar-refractivity contribution < 1.29 is 9.53 Å². The number of hydrogen-bond donors (Lipinski definition) is 0. The van der Waals surface area contributed by atoms with Crippen molar-refractivity contribution in [3.63, 3.8) is 0 Å². The van der Waals surface area contributed by atoms with Crippen LogP contribution >= 0.6 is 23.7 Å². The maximum Gasteiger partial charge on any atom is 0.280 e. The maximum absolute atomic E-state index is 13.5. The van der Waals surface area contributed by atoms with Crippen molar-refractivity contribution in [1.29, 1.82) is 0 Å². The van der Waals surface area contributed by atoms with Crippen LogP contribution < -0.4 is 4.90 Å². The van der Waals surface area contributed by atoms with E-state index >= 15 is 0 Å². The third-order valence-corrected chi connectivity index (χ3v) is 7.08. The Labute approximate surface area is 199 Å². The van der Waals surface area contributed by atoms with Crippen LogP contribution in [0.15, 0.2) is 18.2 Å². The fraction of sp³-hybridized carbons (Fsp3) is 0.522. The summed E-state index contributed by atoms with van der Waals surface area (Å²) < 4.78 is 8.46. The van der Waals surface area contributed by atoms with Crippen LogP contribution in [0.1, 0.15) is 40.7 Å². The summed E-state index contributed by atoms with van der Waals surface area (Å²) in [5.74, 6) is -0.0772. The molecule has 1 aromatic carbocycles. The molecule has 7 nitrogen and oxygen atoms in total. The molecule has 0 spiro atoms. The molecule has 0 bridgehead atoms. The van der Waals surface area contributed by atoms with Gasteiger partial charge in [0.25, 0.3) is 5.91 Å². The summed E-state index contributed by atoms with van der Waals surface area (Å²) in [7, 11) is 0. The predicted octanol–water partition coefficient (Wildman–Crippen LogP) is 4.23. The Kier molecular flexibility index (Phi) is 8.27. The number of carbonyl (C=O) groups excluding carboxylic acids is 1. The fourth-order valence-corrected chi connectivity index (χ4v) is 5.13. The average Bonchev–Trinajstić information content (AvgIpc) is 3.39. The number of hydrogen-bond acceptors (Lipinski definition) is 6. The van der Waals surface area contributed by atoms with E-state index in [1.165, 1.54) is 5.56 Å². The van der Waals surface area contributed by atoms with Crippen molar-refractivity contribution in [2.75, 3.05) is 44.3 Å². The summed E-state index contributed by atoms with van der Waals surface area (Å²) in [6.07, 6.45) is 0.882. The summed E-state index contributed by atoms with van der Waals surface area (Å²) in [6, 6.07) is 6.10. The van der Waals surface area contributed by atoms with Crippen molar-refractivity contribution in [2.24, 2.45) is 0 Å². The topological polar surface area (TPSA) is 63.5 Å². The number of aromatic nitrogens is 3. The van der Waals surface area contributed by atoms with Gasteiger partial charge in [-0.05, 0) is 51.3 Å². The number of fused-ring (bicyclic) bond motifs is 1. The number of rotatable bonds is 7. The lowest BCUT2D eigenvalue weighted by atomic mass is 10.1. The van der Waals surface area contributed by atoms with Gasteiger partial charge in [-0.3, -0.25) is 19.3 Å². The van der Waals surface area contributed by atoms with Crippen LogP contribution in [-0.2, 0) is 11.3 Å². The van der Waals surface area contributed by atoms with Crippen molar-refractivity contribution in [1.82, 2.24) is 19.7 Å². The summed E-state index contributed by atoms with van der Waals surface area (Å²) in [5, 5.41) is 5.29. The number of aryl methyl sites for hydroxylation is 4. The number of morpholine rings is 1. The van der Waals surface area contributed by atoms with Crippen molar-refractivity contribution in [2.45, 2.75) is 40.7 Å². The Balaban J connectivity index is 0.00000289. The summed E-state index contributed by atoms with van der Waals surface area (Å²) in [6.45, 7) is 14.0. The molecule has 3 heterocycles. The molecule has 0 atom stereocenters. The van der Waals surface area contributed by atoms with E-state index in [0.717, 1.165) is 72.4 Å². The molecular weight excluding hydrogens is 446 g/mol. The molecule has 0 N–H and O–H groups in total. The number of carbonyl (C=O) groups is 1. The number of amides is 1. The van der Waals surface area contributed by atoms with Gasteiger partial charge in [0.2, 0.25) is 0 Å². The summed E-state index contributed by atoms with van der Waals surface area (Å²) >= 11 is 1.60.